The van der Waals surface area contributed by atoms with Crippen molar-refractivity contribution in [1.29, 1.82) is 0 Å². The Bertz CT molecular complexity index is 389. The third-order valence-electron chi connectivity index (χ3n) is 3.22. The zero-order chi connectivity index (χ0) is 11.8. The molecule has 1 saturated heterocycles. The van der Waals surface area contributed by atoms with Crippen molar-refractivity contribution < 1.29 is 4.79 Å². The van der Waals surface area contributed by atoms with Crippen LogP contribution in [-0.4, -0.2) is 23.9 Å². The van der Waals surface area contributed by atoms with Gasteiger partial charge in [0, 0.05) is 18.5 Å². The van der Waals surface area contributed by atoms with E-state index in [1.54, 1.807) is 11.3 Å². The van der Waals surface area contributed by atoms with Crippen molar-refractivity contribution in [2.24, 2.45) is 5.41 Å². The first-order chi connectivity index (χ1) is 7.48. The van der Waals surface area contributed by atoms with Crippen LogP contribution >= 0.6 is 27.3 Å². The second kappa shape index (κ2) is 4.49. The van der Waals surface area contributed by atoms with E-state index in [-0.39, 0.29) is 5.91 Å². The van der Waals surface area contributed by atoms with Gasteiger partial charge < -0.3 is 4.90 Å². The van der Waals surface area contributed by atoms with Crippen LogP contribution in [0.2, 0.25) is 0 Å². The predicted octanol–water partition coefficient (Wildman–Crippen LogP) is 3.77. The van der Waals surface area contributed by atoms with E-state index < -0.39 is 0 Å². The maximum absolute atomic E-state index is 12.1. The van der Waals surface area contributed by atoms with Crippen LogP contribution in [0, 0.1) is 5.41 Å². The molecular formula is C12H16BrNOS. The largest absolute Gasteiger partial charge is 0.339 e. The first-order valence-electron chi connectivity index (χ1n) is 5.51. The number of piperidine rings is 1. The van der Waals surface area contributed by atoms with Crippen molar-refractivity contribution in [1.82, 2.24) is 4.90 Å². The van der Waals surface area contributed by atoms with Gasteiger partial charge in [0.15, 0.2) is 0 Å². The number of halogens is 1. The summed E-state index contributed by atoms with van der Waals surface area (Å²) < 4.78 is 1.02. The smallest absolute Gasteiger partial charge is 0.254 e. The Labute approximate surface area is 109 Å². The van der Waals surface area contributed by atoms with E-state index in [4.69, 9.17) is 0 Å². The van der Waals surface area contributed by atoms with E-state index >= 15 is 0 Å². The third-order valence-corrected chi connectivity index (χ3v) is 4.72. The predicted molar refractivity (Wildman–Crippen MR) is 70.9 cm³/mol. The number of hydrogen-bond donors (Lipinski definition) is 0. The molecule has 1 aromatic rings. The van der Waals surface area contributed by atoms with Gasteiger partial charge in [-0.15, -0.1) is 11.3 Å². The summed E-state index contributed by atoms with van der Waals surface area (Å²) >= 11 is 4.96. The molecule has 1 aromatic heterocycles. The van der Waals surface area contributed by atoms with Gasteiger partial charge in [0.1, 0.15) is 0 Å². The lowest BCUT2D eigenvalue weighted by Gasteiger charge is -2.36. The molecule has 0 atom stereocenters. The fourth-order valence-electron chi connectivity index (χ4n) is 1.92. The van der Waals surface area contributed by atoms with Gasteiger partial charge in [0.25, 0.3) is 5.91 Å². The fourth-order valence-corrected chi connectivity index (χ4v) is 3.05. The van der Waals surface area contributed by atoms with Crippen LogP contribution in [0.5, 0.6) is 0 Å². The highest BCUT2D eigenvalue weighted by Crippen LogP contribution is 2.31. The first-order valence-corrected chi connectivity index (χ1v) is 7.18. The van der Waals surface area contributed by atoms with Crippen LogP contribution in [0.15, 0.2) is 15.2 Å². The van der Waals surface area contributed by atoms with Gasteiger partial charge in [-0.25, -0.2) is 0 Å². The Morgan fingerprint density at radius 3 is 2.56 bits per heavy atom. The van der Waals surface area contributed by atoms with E-state index in [0.717, 1.165) is 35.3 Å². The van der Waals surface area contributed by atoms with Crippen molar-refractivity contribution >= 4 is 33.2 Å². The van der Waals surface area contributed by atoms with E-state index in [2.05, 4.69) is 29.8 Å². The van der Waals surface area contributed by atoms with Gasteiger partial charge in [0.05, 0.1) is 9.35 Å². The van der Waals surface area contributed by atoms with E-state index in [9.17, 15) is 4.79 Å². The Morgan fingerprint density at radius 2 is 2.06 bits per heavy atom. The highest BCUT2D eigenvalue weighted by molar-refractivity contribution is 9.11. The van der Waals surface area contributed by atoms with Crippen molar-refractivity contribution in [3.63, 3.8) is 0 Å². The summed E-state index contributed by atoms with van der Waals surface area (Å²) in [6.07, 6.45) is 2.20. The average Bonchev–Trinajstić information content (AvgIpc) is 2.64. The molecule has 0 radical (unpaired) electrons. The molecule has 0 spiro atoms. The maximum atomic E-state index is 12.1. The van der Waals surface area contributed by atoms with Crippen LogP contribution < -0.4 is 0 Å². The number of hydrogen-bond acceptors (Lipinski definition) is 2. The standard InChI is InChI=1S/C12H16BrNOS/c1-12(2)3-5-14(6-4-12)11(15)9-7-10(13)16-8-9/h7-8H,3-6H2,1-2H3. The molecule has 1 fully saturated rings. The molecule has 0 unspecified atom stereocenters. The van der Waals surface area contributed by atoms with Gasteiger partial charge >= 0.3 is 0 Å². The molecule has 0 aliphatic carbocycles. The van der Waals surface area contributed by atoms with E-state index in [1.807, 2.05) is 16.3 Å². The SMILES string of the molecule is CC1(C)CCN(C(=O)c2csc(Br)c2)CC1. The Morgan fingerprint density at radius 1 is 1.44 bits per heavy atom. The summed E-state index contributed by atoms with van der Waals surface area (Å²) in [6, 6.07) is 1.91. The Kier molecular flexibility index (Phi) is 3.40. The van der Waals surface area contributed by atoms with Crippen molar-refractivity contribution in [2.45, 2.75) is 26.7 Å². The van der Waals surface area contributed by atoms with Gasteiger partial charge in [-0.05, 0) is 40.3 Å². The average molecular weight is 302 g/mol. The van der Waals surface area contributed by atoms with Crippen LogP contribution in [0.1, 0.15) is 37.0 Å². The summed E-state index contributed by atoms with van der Waals surface area (Å²) in [5.41, 5.74) is 1.21. The fraction of sp³-hybridized carbons (Fsp3) is 0.583. The van der Waals surface area contributed by atoms with Crippen molar-refractivity contribution in [3.05, 3.63) is 20.8 Å². The molecule has 1 aliphatic rings. The van der Waals surface area contributed by atoms with Crippen LogP contribution in [-0.2, 0) is 0 Å². The van der Waals surface area contributed by atoms with Gasteiger partial charge in [0.2, 0.25) is 0 Å². The Balaban J connectivity index is 2.02. The minimum absolute atomic E-state index is 0.178. The summed E-state index contributed by atoms with van der Waals surface area (Å²) in [5.74, 6) is 0.178. The molecule has 16 heavy (non-hydrogen) atoms. The van der Waals surface area contributed by atoms with Crippen molar-refractivity contribution in [2.75, 3.05) is 13.1 Å². The number of rotatable bonds is 1. The molecule has 0 aromatic carbocycles. The number of thiophene rings is 1. The zero-order valence-corrected chi connectivity index (χ0v) is 12.0. The third kappa shape index (κ3) is 2.66. The Hall–Kier alpha value is -0.350. The van der Waals surface area contributed by atoms with Crippen LogP contribution in [0.25, 0.3) is 0 Å². The summed E-state index contributed by atoms with van der Waals surface area (Å²) in [7, 11) is 0. The lowest BCUT2D eigenvalue weighted by Crippen LogP contribution is -2.40. The highest BCUT2D eigenvalue weighted by atomic mass is 79.9. The monoisotopic (exact) mass is 301 g/mol. The van der Waals surface area contributed by atoms with Crippen LogP contribution in [0.3, 0.4) is 0 Å². The molecule has 2 nitrogen and oxygen atoms in total. The molecule has 4 heteroatoms. The molecule has 88 valence electrons. The first kappa shape index (κ1) is 12.1. The van der Waals surface area contributed by atoms with Gasteiger partial charge in [-0.1, -0.05) is 13.8 Å². The molecule has 0 N–H and O–H groups in total. The molecule has 0 saturated carbocycles. The lowest BCUT2D eigenvalue weighted by molar-refractivity contribution is 0.0631. The lowest BCUT2D eigenvalue weighted by atomic mass is 9.82. The van der Waals surface area contributed by atoms with E-state index in [0.29, 0.717) is 5.41 Å². The number of nitrogens with zero attached hydrogens (tertiary/aromatic N) is 1. The number of carbonyl (C=O) groups is 1. The summed E-state index contributed by atoms with van der Waals surface area (Å²) in [5, 5.41) is 1.92. The summed E-state index contributed by atoms with van der Waals surface area (Å²) in [6.45, 7) is 6.32. The van der Waals surface area contributed by atoms with E-state index in [1.165, 1.54) is 0 Å². The quantitative estimate of drug-likeness (QED) is 0.773. The minimum Gasteiger partial charge on any atom is -0.339 e. The normalized spacial score (nSPS) is 19.8. The molecule has 2 rings (SSSR count). The number of carbonyl (C=O) groups excluding carboxylic acids is 1. The molecule has 1 aliphatic heterocycles. The summed E-state index contributed by atoms with van der Waals surface area (Å²) in [4.78, 5) is 14.1. The number of likely N-dealkylation sites (tertiary alicyclic amines) is 1. The maximum Gasteiger partial charge on any atom is 0.254 e. The van der Waals surface area contributed by atoms with Gasteiger partial charge in [-0.3, -0.25) is 4.79 Å². The van der Waals surface area contributed by atoms with Crippen molar-refractivity contribution in [3.8, 4) is 0 Å². The second-order valence-electron chi connectivity index (χ2n) is 5.10. The molecule has 1 amide bonds. The zero-order valence-electron chi connectivity index (χ0n) is 9.62. The molecule has 0 bridgehead atoms. The minimum atomic E-state index is 0.178. The number of amides is 1. The molecular weight excluding hydrogens is 286 g/mol. The van der Waals surface area contributed by atoms with Gasteiger partial charge in [-0.2, -0.15) is 0 Å². The highest BCUT2D eigenvalue weighted by Gasteiger charge is 2.28. The topological polar surface area (TPSA) is 20.3 Å². The second-order valence-corrected chi connectivity index (χ2v) is 7.39. The molecule has 2 heterocycles. The van der Waals surface area contributed by atoms with Crippen LogP contribution in [0.4, 0.5) is 0 Å².